The van der Waals surface area contributed by atoms with Gasteiger partial charge in [-0.3, -0.25) is 9.48 Å². The molecule has 7 nitrogen and oxygen atoms in total. The molecule has 0 radical (unpaired) electrons. The van der Waals surface area contributed by atoms with Gasteiger partial charge in [-0.15, -0.1) is 0 Å². The number of rotatable bonds is 5. The van der Waals surface area contributed by atoms with Crippen LogP contribution in [0.25, 0.3) is 10.9 Å². The summed E-state index contributed by atoms with van der Waals surface area (Å²) in [5.74, 6) is 0.493. The molecule has 2 aromatic heterocycles. The molecule has 1 fully saturated rings. The molecule has 3 aromatic rings. The number of carbonyl (C=O) groups is 1. The Kier molecular flexibility index (Phi) is 6.29. The largest absolute Gasteiger partial charge is 0.435 e. The molecular formula is C23H27F3N6O. The van der Waals surface area contributed by atoms with Crippen molar-refractivity contribution in [2.24, 2.45) is 0 Å². The summed E-state index contributed by atoms with van der Waals surface area (Å²) in [5.41, 5.74) is 1.69. The predicted octanol–water partition coefficient (Wildman–Crippen LogP) is 3.85. The van der Waals surface area contributed by atoms with Crippen LogP contribution in [0.1, 0.15) is 23.9 Å². The number of likely N-dealkylation sites (N-methyl/N-ethyl adjacent to an activating group) is 1. The number of halogens is 3. The van der Waals surface area contributed by atoms with Crippen LogP contribution in [0.15, 0.2) is 30.3 Å². The lowest BCUT2D eigenvalue weighted by Gasteiger charge is -2.35. The van der Waals surface area contributed by atoms with E-state index in [9.17, 15) is 18.0 Å². The number of anilines is 2. The maximum Gasteiger partial charge on any atom is 0.435 e. The van der Waals surface area contributed by atoms with Crippen LogP contribution in [0.2, 0.25) is 0 Å². The molecule has 1 N–H and O–H groups in total. The monoisotopic (exact) mass is 460 g/mol. The summed E-state index contributed by atoms with van der Waals surface area (Å²) in [5, 5.41) is 7.17. The Labute approximate surface area is 190 Å². The van der Waals surface area contributed by atoms with Crippen molar-refractivity contribution in [1.29, 1.82) is 0 Å². The Morgan fingerprint density at radius 1 is 1.09 bits per heavy atom. The fourth-order valence-corrected chi connectivity index (χ4v) is 4.05. The van der Waals surface area contributed by atoms with E-state index in [4.69, 9.17) is 4.98 Å². The summed E-state index contributed by atoms with van der Waals surface area (Å²) in [7, 11) is 0. The van der Waals surface area contributed by atoms with Crippen LogP contribution in [0.3, 0.4) is 0 Å². The third-order valence-corrected chi connectivity index (χ3v) is 5.99. The van der Waals surface area contributed by atoms with Gasteiger partial charge >= 0.3 is 6.18 Å². The predicted molar refractivity (Wildman–Crippen MR) is 121 cm³/mol. The van der Waals surface area contributed by atoms with Gasteiger partial charge in [0.15, 0.2) is 5.69 Å². The molecule has 1 aliphatic rings. The Balaban J connectivity index is 1.47. The van der Waals surface area contributed by atoms with Crippen molar-refractivity contribution in [2.75, 3.05) is 42.9 Å². The number of aromatic nitrogens is 3. The summed E-state index contributed by atoms with van der Waals surface area (Å²) in [6.45, 7) is 10.3. The summed E-state index contributed by atoms with van der Waals surface area (Å²) in [6, 6.07) is 8.43. The third kappa shape index (κ3) is 5.11. The highest BCUT2D eigenvalue weighted by Gasteiger charge is 2.34. The van der Waals surface area contributed by atoms with Crippen molar-refractivity contribution >= 4 is 28.3 Å². The second-order valence-electron chi connectivity index (χ2n) is 8.33. The average Bonchev–Trinajstić information content (AvgIpc) is 3.14. The number of nitrogens with one attached hydrogen (secondary N) is 1. The van der Waals surface area contributed by atoms with Crippen molar-refractivity contribution in [3.63, 3.8) is 0 Å². The molecule has 176 valence electrons. The highest BCUT2D eigenvalue weighted by atomic mass is 19.4. The molecule has 0 saturated carbocycles. The van der Waals surface area contributed by atoms with Gasteiger partial charge in [-0.25, -0.2) is 4.98 Å². The maximum atomic E-state index is 12.8. The summed E-state index contributed by atoms with van der Waals surface area (Å²) in [4.78, 5) is 22.0. The van der Waals surface area contributed by atoms with E-state index in [0.717, 1.165) is 65.8 Å². The second kappa shape index (κ2) is 9.01. The van der Waals surface area contributed by atoms with Crippen molar-refractivity contribution in [3.8, 4) is 0 Å². The molecule has 0 unspecified atom stereocenters. The molecule has 0 bridgehead atoms. The van der Waals surface area contributed by atoms with E-state index in [1.165, 1.54) is 6.92 Å². The fourth-order valence-electron chi connectivity index (χ4n) is 4.05. The minimum atomic E-state index is -4.54. The first-order chi connectivity index (χ1) is 15.6. The smallest absolute Gasteiger partial charge is 0.354 e. The van der Waals surface area contributed by atoms with Gasteiger partial charge in [-0.05, 0) is 56.3 Å². The Morgan fingerprint density at radius 2 is 1.82 bits per heavy atom. The van der Waals surface area contributed by atoms with E-state index >= 15 is 0 Å². The van der Waals surface area contributed by atoms with Crippen LogP contribution >= 0.6 is 0 Å². The molecule has 0 atom stereocenters. The van der Waals surface area contributed by atoms with E-state index in [0.29, 0.717) is 5.69 Å². The van der Waals surface area contributed by atoms with E-state index in [1.54, 1.807) is 6.07 Å². The van der Waals surface area contributed by atoms with E-state index in [2.05, 4.69) is 33.2 Å². The number of piperazine rings is 1. The number of alkyl halides is 3. The van der Waals surface area contributed by atoms with Crippen LogP contribution in [0.5, 0.6) is 0 Å². The number of hydrogen-bond acceptors (Lipinski definition) is 5. The lowest BCUT2D eigenvalue weighted by atomic mass is 10.1. The van der Waals surface area contributed by atoms with Crippen LogP contribution in [0.4, 0.5) is 24.7 Å². The number of fused-ring (bicyclic) bond motifs is 1. The van der Waals surface area contributed by atoms with Crippen LogP contribution in [0, 0.1) is 13.8 Å². The number of pyridine rings is 1. The third-order valence-electron chi connectivity index (χ3n) is 5.99. The van der Waals surface area contributed by atoms with Crippen molar-refractivity contribution in [2.45, 2.75) is 33.5 Å². The number of benzene rings is 1. The highest BCUT2D eigenvalue weighted by Crippen LogP contribution is 2.29. The van der Waals surface area contributed by atoms with E-state index < -0.39 is 17.8 Å². The molecule has 1 aliphatic heterocycles. The Hall–Kier alpha value is -3.14. The van der Waals surface area contributed by atoms with Gasteiger partial charge in [0.25, 0.3) is 0 Å². The molecule has 0 spiro atoms. The van der Waals surface area contributed by atoms with Gasteiger partial charge in [0.2, 0.25) is 5.91 Å². The SMILES string of the molecule is CCN1CCN(c2cc(C)c3cc(NC(=O)Cn4nc(C(F)(F)F)cc4C)ccc3n2)CC1. The number of amides is 1. The molecule has 1 aromatic carbocycles. The van der Waals surface area contributed by atoms with E-state index in [-0.39, 0.29) is 12.2 Å². The molecule has 33 heavy (non-hydrogen) atoms. The minimum absolute atomic E-state index is 0.267. The summed E-state index contributed by atoms with van der Waals surface area (Å²) < 4.78 is 39.6. The number of nitrogens with zero attached hydrogens (tertiary/aromatic N) is 5. The van der Waals surface area contributed by atoms with Crippen LogP contribution < -0.4 is 10.2 Å². The second-order valence-corrected chi connectivity index (χ2v) is 8.33. The summed E-state index contributed by atoms with van der Waals surface area (Å²) >= 11 is 0. The van der Waals surface area contributed by atoms with Crippen molar-refractivity contribution in [1.82, 2.24) is 19.7 Å². The van der Waals surface area contributed by atoms with Gasteiger partial charge in [0.05, 0.1) is 5.52 Å². The minimum Gasteiger partial charge on any atom is -0.354 e. The zero-order valence-corrected chi connectivity index (χ0v) is 18.9. The number of carbonyl (C=O) groups excluding carboxylic acids is 1. The Morgan fingerprint density at radius 3 is 2.45 bits per heavy atom. The van der Waals surface area contributed by atoms with Crippen LogP contribution in [-0.2, 0) is 17.5 Å². The highest BCUT2D eigenvalue weighted by molar-refractivity contribution is 5.94. The summed E-state index contributed by atoms with van der Waals surface area (Å²) in [6.07, 6.45) is -4.54. The molecule has 1 saturated heterocycles. The van der Waals surface area contributed by atoms with Gasteiger partial charge in [0, 0.05) is 42.9 Å². The zero-order valence-electron chi connectivity index (χ0n) is 18.9. The fraction of sp³-hybridized carbons (Fsp3) is 0.435. The Bertz CT molecular complexity index is 1160. The molecular weight excluding hydrogens is 433 g/mol. The quantitative estimate of drug-likeness (QED) is 0.627. The van der Waals surface area contributed by atoms with Crippen molar-refractivity contribution in [3.05, 3.63) is 47.3 Å². The van der Waals surface area contributed by atoms with E-state index in [1.807, 2.05) is 19.1 Å². The maximum absolute atomic E-state index is 12.8. The average molecular weight is 461 g/mol. The number of aryl methyl sites for hydroxylation is 2. The first-order valence-corrected chi connectivity index (χ1v) is 10.9. The molecule has 1 amide bonds. The number of hydrogen-bond donors (Lipinski definition) is 1. The van der Waals surface area contributed by atoms with Gasteiger partial charge in [-0.2, -0.15) is 18.3 Å². The molecule has 3 heterocycles. The first-order valence-electron chi connectivity index (χ1n) is 10.9. The normalized spacial score (nSPS) is 15.3. The van der Waals surface area contributed by atoms with Gasteiger partial charge in [0.1, 0.15) is 12.4 Å². The lowest BCUT2D eigenvalue weighted by Crippen LogP contribution is -2.46. The standard InChI is InChI=1S/C23H27F3N6O/c1-4-30-7-9-31(10-8-30)21-11-15(2)18-13-17(5-6-19(18)28-21)27-22(33)14-32-16(3)12-20(29-32)23(24,25)26/h5-6,11-13H,4,7-10,14H2,1-3H3,(H,27,33). The van der Waals surface area contributed by atoms with Gasteiger partial charge in [-0.1, -0.05) is 6.92 Å². The molecule has 10 heteroatoms. The van der Waals surface area contributed by atoms with Crippen molar-refractivity contribution < 1.29 is 18.0 Å². The topological polar surface area (TPSA) is 66.3 Å². The molecule has 0 aliphatic carbocycles. The van der Waals surface area contributed by atoms with Gasteiger partial charge < -0.3 is 15.1 Å². The first kappa shape index (κ1) is 23.0. The zero-order chi connectivity index (χ0) is 23.8. The molecule has 4 rings (SSSR count). The lowest BCUT2D eigenvalue weighted by molar-refractivity contribution is -0.141. The van der Waals surface area contributed by atoms with Crippen LogP contribution in [-0.4, -0.2) is 58.3 Å².